The number of carbonyl (C=O) groups excluding carboxylic acids is 1. The molecule has 0 saturated carbocycles. The fraction of sp³-hybridized carbons (Fsp3) is 0.333. The maximum atomic E-state index is 11.2. The second kappa shape index (κ2) is 4.95. The minimum Gasteiger partial charge on any atom is -0.467 e. The molecule has 17 heavy (non-hydrogen) atoms. The average molecular weight is 235 g/mol. The van der Waals surface area contributed by atoms with Crippen molar-refractivity contribution < 1.29 is 19.7 Å². The van der Waals surface area contributed by atoms with Crippen molar-refractivity contribution in [1.29, 1.82) is 5.26 Å². The van der Waals surface area contributed by atoms with Crippen molar-refractivity contribution >= 4 is 5.97 Å². The Kier molecular flexibility index (Phi) is 3.84. The predicted molar refractivity (Wildman–Crippen MR) is 58.8 cm³/mol. The lowest BCUT2D eigenvalue weighted by atomic mass is 9.89. The average Bonchev–Trinajstić information content (AvgIpc) is 2.36. The molecule has 0 aliphatic rings. The molecule has 2 atom stereocenters. The van der Waals surface area contributed by atoms with Gasteiger partial charge in [0.15, 0.2) is 6.10 Å². The van der Waals surface area contributed by atoms with Gasteiger partial charge in [-0.05, 0) is 24.6 Å². The summed E-state index contributed by atoms with van der Waals surface area (Å²) in [5, 5.41) is 28.4. The van der Waals surface area contributed by atoms with Crippen LogP contribution >= 0.6 is 0 Å². The van der Waals surface area contributed by atoms with E-state index in [4.69, 9.17) is 5.26 Å². The Morgan fingerprint density at radius 1 is 1.47 bits per heavy atom. The number of esters is 1. The number of hydrogen-bond donors (Lipinski definition) is 2. The van der Waals surface area contributed by atoms with Gasteiger partial charge < -0.3 is 14.9 Å². The zero-order valence-electron chi connectivity index (χ0n) is 9.54. The molecule has 0 amide bonds. The van der Waals surface area contributed by atoms with Gasteiger partial charge in [0.25, 0.3) is 0 Å². The van der Waals surface area contributed by atoms with Gasteiger partial charge in [0, 0.05) is 0 Å². The predicted octanol–water partition coefficient (Wildman–Crippen LogP) is 0.300. The van der Waals surface area contributed by atoms with Crippen LogP contribution < -0.4 is 0 Å². The third-order valence-electron chi connectivity index (χ3n) is 2.56. The van der Waals surface area contributed by atoms with Crippen LogP contribution in [-0.2, 0) is 15.1 Å². The number of nitrogens with zero attached hydrogens (tertiary/aromatic N) is 1. The van der Waals surface area contributed by atoms with Gasteiger partial charge in [-0.15, -0.1) is 0 Å². The molecule has 0 heterocycles. The first-order chi connectivity index (χ1) is 7.93. The topological polar surface area (TPSA) is 90.6 Å². The van der Waals surface area contributed by atoms with Crippen LogP contribution in [0.5, 0.6) is 0 Å². The second-order valence-corrected chi connectivity index (χ2v) is 3.76. The Bertz CT molecular complexity index is 445. The summed E-state index contributed by atoms with van der Waals surface area (Å²) in [7, 11) is 1.13. The number of carbonyl (C=O) groups is 1. The van der Waals surface area contributed by atoms with Gasteiger partial charge in [0.05, 0.1) is 18.7 Å². The molecule has 0 unspecified atom stereocenters. The maximum Gasteiger partial charge on any atom is 0.338 e. The summed E-state index contributed by atoms with van der Waals surface area (Å²) < 4.78 is 4.36. The number of methoxy groups -OCH3 is 1. The molecule has 5 nitrogen and oxygen atoms in total. The third-order valence-corrected chi connectivity index (χ3v) is 2.56. The number of hydrogen-bond acceptors (Lipinski definition) is 5. The molecule has 0 aliphatic carbocycles. The third kappa shape index (κ3) is 2.61. The van der Waals surface area contributed by atoms with Crippen molar-refractivity contribution in [1.82, 2.24) is 0 Å². The van der Waals surface area contributed by atoms with E-state index in [1.54, 1.807) is 0 Å². The van der Waals surface area contributed by atoms with E-state index in [-0.39, 0.29) is 0 Å². The maximum absolute atomic E-state index is 11.2. The minimum atomic E-state index is -1.76. The Hall–Kier alpha value is -1.90. The van der Waals surface area contributed by atoms with Crippen LogP contribution in [0, 0.1) is 11.3 Å². The number of ether oxygens (including phenoxy) is 1. The van der Waals surface area contributed by atoms with E-state index >= 15 is 0 Å². The number of benzene rings is 1. The molecular formula is C12H13NO4. The normalized spacial score (nSPS) is 15.5. The van der Waals surface area contributed by atoms with E-state index in [9.17, 15) is 15.0 Å². The zero-order valence-corrected chi connectivity index (χ0v) is 9.54. The highest BCUT2D eigenvalue weighted by Gasteiger charge is 2.38. The van der Waals surface area contributed by atoms with E-state index < -0.39 is 17.7 Å². The van der Waals surface area contributed by atoms with Gasteiger partial charge in [-0.1, -0.05) is 12.1 Å². The lowest BCUT2D eigenvalue weighted by molar-refractivity contribution is -0.166. The van der Waals surface area contributed by atoms with Crippen LogP contribution in [0.25, 0.3) is 0 Å². The quantitative estimate of drug-likeness (QED) is 0.735. The Balaban J connectivity index is 3.04. The van der Waals surface area contributed by atoms with Gasteiger partial charge >= 0.3 is 5.97 Å². The van der Waals surface area contributed by atoms with Gasteiger partial charge in [-0.25, -0.2) is 4.79 Å². The Morgan fingerprint density at radius 2 is 2.00 bits per heavy atom. The van der Waals surface area contributed by atoms with E-state index in [2.05, 4.69) is 4.74 Å². The van der Waals surface area contributed by atoms with E-state index in [0.29, 0.717) is 11.1 Å². The van der Waals surface area contributed by atoms with Gasteiger partial charge in [-0.2, -0.15) is 5.26 Å². The monoisotopic (exact) mass is 235 g/mol. The molecule has 1 aromatic rings. The fourth-order valence-electron chi connectivity index (χ4n) is 1.38. The Morgan fingerprint density at radius 3 is 2.41 bits per heavy atom. The van der Waals surface area contributed by atoms with Crippen LogP contribution in [-0.4, -0.2) is 29.4 Å². The SMILES string of the molecule is COC(=O)[C@@H](O)[C@](C)(O)c1ccc(C#N)cc1. The van der Waals surface area contributed by atoms with E-state index in [1.807, 2.05) is 6.07 Å². The molecule has 5 heteroatoms. The summed E-state index contributed by atoms with van der Waals surface area (Å²) in [4.78, 5) is 11.2. The smallest absolute Gasteiger partial charge is 0.338 e. The molecule has 0 aromatic heterocycles. The van der Waals surface area contributed by atoms with Crippen molar-refractivity contribution in [3.63, 3.8) is 0 Å². The fourth-order valence-corrected chi connectivity index (χ4v) is 1.38. The van der Waals surface area contributed by atoms with Gasteiger partial charge in [-0.3, -0.25) is 0 Å². The first kappa shape index (κ1) is 13.2. The molecular weight excluding hydrogens is 222 g/mol. The van der Waals surface area contributed by atoms with Crippen molar-refractivity contribution in [2.75, 3.05) is 7.11 Å². The standard InChI is InChI=1S/C12H13NO4/c1-12(16,10(14)11(15)17-2)9-5-3-8(7-13)4-6-9/h3-6,10,14,16H,1-2H3/t10-,12-/m1/s1. The summed E-state index contributed by atoms with van der Waals surface area (Å²) in [5.74, 6) is -0.917. The lowest BCUT2D eigenvalue weighted by Gasteiger charge is -2.27. The molecule has 0 spiro atoms. The summed E-state index contributed by atoms with van der Waals surface area (Å²) in [5.41, 5.74) is -1.01. The molecule has 2 N–H and O–H groups in total. The summed E-state index contributed by atoms with van der Waals surface area (Å²) in [6.45, 7) is 1.30. The number of aliphatic hydroxyl groups excluding tert-OH is 1. The largest absolute Gasteiger partial charge is 0.467 e. The van der Waals surface area contributed by atoms with E-state index in [1.165, 1.54) is 31.2 Å². The van der Waals surface area contributed by atoms with Gasteiger partial charge in [0.1, 0.15) is 5.60 Å². The number of aliphatic hydroxyl groups is 2. The summed E-state index contributed by atoms with van der Waals surface area (Å²) >= 11 is 0. The van der Waals surface area contributed by atoms with Crippen LogP contribution in [0.2, 0.25) is 0 Å². The summed E-state index contributed by atoms with van der Waals surface area (Å²) in [6, 6.07) is 7.87. The number of rotatable bonds is 3. The van der Waals surface area contributed by atoms with Gasteiger partial charge in [0.2, 0.25) is 0 Å². The summed E-state index contributed by atoms with van der Waals surface area (Å²) in [6.07, 6.45) is -1.68. The Labute approximate surface area is 98.9 Å². The van der Waals surface area contributed by atoms with Crippen LogP contribution in [0.15, 0.2) is 24.3 Å². The molecule has 0 fully saturated rings. The second-order valence-electron chi connectivity index (χ2n) is 3.76. The minimum absolute atomic E-state index is 0.328. The highest BCUT2D eigenvalue weighted by molar-refractivity contribution is 5.76. The first-order valence-corrected chi connectivity index (χ1v) is 4.92. The molecule has 0 saturated heterocycles. The van der Waals surface area contributed by atoms with Crippen molar-refractivity contribution in [3.8, 4) is 6.07 Å². The first-order valence-electron chi connectivity index (χ1n) is 4.92. The molecule has 1 aromatic carbocycles. The highest BCUT2D eigenvalue weighted by atomic mass is 16.5. The van der Waals surface area contributed by atoms with Crippen LogP contribution in [0.3, 0.4) is 0 Å². The molecule has 1 rings (SSSR count). The zero-order chi connectivity index (χ0) is 13.1. The van der Waals surface area contributed by atoms with E-state index in [0.717, 1.165) is 7.11 Å². The van der Waals surface area contributed by atoms with Crippen LogP contribution in [0.1, 0.15) is 18.1 Å². The van der Waals surface area contributed by atoms with Crippen molar-refractivity contribution in [2.45, 2.75) is 18.6 Å². The molecule has 90 valence electrons. The van der Waals surface area contributed by atoms with Crippen LogP contribution in [0.4, 0.5) is 0 Å². The van der Waals surface area contributed by atoms with Crippen molar-refractivity contribution in [3.05, 3.63) is 35.4 Å². The molecule has 0 bridgehead atoms. The van der Waals surface area contributed by atoms with Crippen molar-refractivity contribution in [2.24, 2.45) is 0 Å². The number of nitriles is 1. The highest BCUT2D eigenvalue weighted by Crippen LogP contribution is 2.25. The molecule has 0 radical (unpaired) electrons. The lowest BCUT2D eigenvalue weighted by Crippen LogP contribution is -2.42. The molecule has 0 aliphatic heterocycles.